The molecule has 1 aromatic heterocycles. The summed E-state index contributed by atoms with van der Waals surface area (Å²) in [6.07, 6.45) is 8.65. The molecule has 2 saturated carbocycles. The molecule has 2 aromatic carbocycles. The number of aromatic nitrogens is 1. The van der Waals surface area contributed by atoms with Gasteiger partial charge in [-0.3, -0.25) is 4.79 Å². The van der Waals surface area contributed by atoms with E-state index in [0.717, 1.165) is 36.0 Å². The van der Waals surface area contributed by atoms with Gasteiger partial charge in [0.05, 0.1) is 32.5 Å². The Kier molecular flexibility index (Phi) is 9.35. The molecular weight excluding hydrogens is 647 g/mol. The average molecular weight is 678 g/mol. The molecule has 0 radical (unpaired) electrons. The molecule has 0 aliphatic heterocycles. The van der Waals surface area contributed by atoms with Crippen molar-refractivity contribution in [1.82, 2.24) is 9.88 Å². The van der Waals surface area contributed by atoms with Crippen LogP contribution >= 0.6 is 34.8 Å². The first-order chi connectivity index (χ1) is 20.8. The van der Waals surface area contributed by atoms with Crippen molar-refractivity contribution in [2.24, 2.45) is 5.92 Å². The SMILES string of the molecule is C=C(/C=C\C=C(/C)C(=O)NS(C)(=O)=O)C1CC(O)(c2ccc(OCc3c(-c4c(Cl)cccc4Cl)noc3C3CC3)cc2Cl)C1. The molecule has 1 amide bonds. The number of ether oxygens (including phenoxy) is 1. The third kappa shape index (κ3) is 7.24. The van der Waals surface area contributed by atoms with Crippen molar-refractivity contribution < 1.29 is 27.6 Å². The minimum Gasteiger partial charge on any atom is -0.489 e. The van der Waals surface area contributed by atoms with Gasteiger partial charge in [0.2, 0.25) is 10.0 Å². The number of sulfonamides is 1. The van der Waals surface area contributed by atoms with Crippen LogP contribution in [0.5, 0.6) is 5.75 Å². The minimum atomic E-state index is -3.64. The van der Waals surface area contributed by atoms with Gasteiger partial charge in [0.1, 0.15) is 23.8 Å². The van der Waals surface area contributed by atoms with Gasteiger partial charge in [-0.05, 0) is 62.8 Å². The number of aliphatic hydroxyl groups is 1. The molecule has 8 nitrogen and oxygen atoms in total. The number of benzene rings is 2. The van der Waals surface area contributed by atoms with Crippen LogP contribution in [0.4, 0.5) is 0 Å². The van der Waals surface area contributed by atoms with Crippen LogP contribution in [-0.2, 0) is 27.0 Å². The first-order valence-electron chi connectivity index (χ1n) is 13.9. The normalized spacial score (nSPS) is 20.4. The van der Waals surface area contributed by atoms with Crippen LogP contribution in [0.25, 0.3) is 11.3 Å². The van der Waals surface area contributed by atoms with Crippen molar-refractivity contribution >= 4 is 50.7 Å². The van der Waals surface area contributed by atoms with E-state index in [-0.39, 0.29) is 24.0 Å². The van der Waals surface area contributed by atoms with E-state index < -0.39 is 21.5 Å². The highest BCUT2D eigenvalue weighted by molar-refractivity contribution is 7.89. The van der Waals surface area contributed by atoms with Gasteiger partial charge in [-0.1, -0.05) is 82.5 Å². The number of nitrogens with one attached hydrogen (secondary N) is 1. The highest BCUT2D eigenvalue weighted by Crippen LogP contribution is 2.51. The molecule has 0 unspecified atom stereocenters. The van der Waals surface area contributed by atoms with Crippen LogP contribution in [0.1, 0.15) is 55.4 Å². The lowest BCUT2D eigenvalue weighted by molar-refractivity contribution is -0.115. The van der Waals surface area contributed by atoms with Crippen LogP contribution in [-0.4, -0.2) is 30.8 Å². The number of nitrogens with zero attached hydrogens (tertiary/aromatic N) is 1. The van der Waals surface area contributed by atoms with Crippen molar-refractivity contribution in [3.63, 3.8) is 0 Å². The summed E-state index contributed by atoms with van der Waals surface area (Å²) >= 11 is 19.6. The Balaban J connectivity index is 1.23. The van der Waals surface area contributed by atoms with Crippen LogP contribution in [0.3, 0.4) is 0 Å². The van der Waals surface area contributed by atoms with Crippen molar-refractivity contribution in [2.45, 2.75) is 50.7 Å². The number of carbonyl (C=O) groups is 1. The standard InChI is InChI=1S/C32H31Cl3N2O6S/c1-18(6-4-7-19(2)31(38)37-44(3,40)41)21-15-32(39,16-21)24-13-12-22(14-27(24)35)42-17-23-29(36-43-30(23)20-10-11-20)28-25(33)8-5-9-26(28)34/h4-9,12-14,20-21,39H,1,10-11,15-17H2,2-3H3,(H,37,38)/b6-4-,19-7+. The quantitative estimate of drug-likeness (QED) is 0.159. The second kappa shape index (κ2) is 12.7. The van der Waals surface area contributed by atoms with E-state index in [1.54, 1.807) is 48.6 Å². The van der Waals surface area contributed by atoms with Crippen molar-refractivity contribution in [1.29, 1.82) is 0 Å². The number of rotatable bonds is 11. The van der Waals surface area contributed by atoms with Crippen LogP contribution < -0.4 is 9.46 Å². The van der Waals surface area contributed by atoms with Gasteiger partial charge >= 0.3 is 0 Å². The van der Waals surface area contributed by atoms with E-state index in [9.17, 15) is 18.3 Å². The fraction of sp³-hybridized carbons (Fsp3) is 0.312. The van der Waals surface area contributed by atoms with E-state index in [4.69, 9.17) is 44.1 Å². The third-order valence-electron chi connectivity index (χ3n) is 7.78. The molecule has 0 atom stereocenters. The molecule has 232 valence electrons. The summed E-state index contributed by atoms with van der Waals surface area (Å²) in [7, 11) is -3.64. The largest absolute Gasteiger partial charge is 0.489 e. The van der Waals surface area contributed by atoms with Crippen molar-refractivity contribution in [3.8, 4) is 17.0 Å². The molecule has 5 rings (SSSR count). The summed E-state index contributed by atoms with van der Waals surface area (Å²) in [5, 5.41) is 16.9. The molecule has 2 aliphatic rings. The number of amides is 1. The molecule has 2 N–H and O–H groups in total. The zero-order chi connectivity index (χ0) is 31.8. The lowest BCUT2D eigenvalue weighted by Crippen LogP contribution is -2.41. The first-order valence-corrected chi connectivity index (χ1v) is 16.9. The third-order valence-corrected chi connectivity index (χ3v) is 9.28. The Bertz CT molecular complexity index is 1770. The van der Waals surface area contributed by atoms with Gasteiger partial charge in [0.15, 0.2) is 0 Å². The summed E-state index contributed by atoms with van der Waals surface area (Å²) < 4.78 is 36.2. The predicted molar refractivity (Wildman–Crippen MR) is 171 cm³/mol. The van der Waals surface area contributed by atoms with Crippen LogP contribution in [0.2, 0.25) is 15.1 Å². The molecule has 2 fully saturated rings. The molecule has 1 heterocycles. The molecular formula is C32H31Cl3N2O6S. The molecule has 2 aliphatic carbocycles. The topological polar surface area (TPSA) is 119 Å². The van der Waals surface area contributed by atoms with Crippen molar-refractivity contribution in [3.05, 3.63) is 104 Å². The van der Waals surface area contributed by atoms with Gasteiger partial charge in [-0.2, -0.15) is 0 Å². The van der Waals surface area contributed by atoms with E-state index in [2.05, 4.69) is 11.7 Å². The lowest BCUT2D eigenvalue weighted by atomic mass is 9.65. The maximum atomic E-state index is 11.9. The summed E-state index contributed by atoms with van der Waals surface area (Å²) in [6, 6.07) is 10.5. The average Bonchev–Trinajstić information content (AvgIpc) is 3.69. The second-order valence-electron chi connectivity index (χ2n) is 11.3. The fourth-order valence-electron chi connectivity index (χ4n) is 5.18. The summed E-state index contributed by atoms with van der Waals surface area (Å²) in [6.45, 7) is 5.76. The Morgan fingerprint density at radius 2 is 1.86 bits per heavy atom. The number of hydrogen-bond donors (Lipinski definition) is 2. The minimum absolute atomic E-state index is 0.00582. The molecule has 3 aromatic rings. The molecule has 0 spiro atoms. The first kappa shape index (κ1) is 32.3. The maximum absolute atomic E-state index is 11.9. The summed E-state index contributed by atoms with van der Waals surface area (Å²) in [5.41, 5.74) is 2.41. The zero-order valence-corrected chi connectivity index (χ0v) is 27.2. The zero-order valence-electron chi connectivity index (χ0n) is 24.1. The smallest absolute Gasteiger partial charge is 0.260 e. The number of carbonyl (C=O) groups excluding carboxylic acids is 1. The lowest BCUT2D eigenvalue weighted by Gasteiger charge is -2.45. The summed E-state index contributed by atoms with van der Waals surface area (Å²) in [5.74, 6) is 0.883. The molecule has 0 bridgehead atoms. The highest BCUT2D eigenvalue weighted by Gasteiger charge is 2.45. The summed E-state index contributed by atoms with van der Waals surface area (Å²) in [4.78, 5) is 11.9. The molecule has 0 saturated heterocycles. The monoisotopic (exact) mass is 676 g/mol. The molecule has 12 heteroatoms. The predicted octanol–water partition coefficient (Wildman–Crippen LogP) is 7.49. The Labute approximate surface area is 271 Å². The van der Waals surface area contributed by atoms with E-state index >= 15 is 0 Å². The molecule has 44 heavy (non-hydrogen) atoms. The van der Waals surface area contributed by atoms with Gasteiger partial charge in [0.25, 0.3) is 5.91 Å². The van der Waals surface area contributed by atoms with Crippen LogP contribution in [0, 0.1) is 5.92 Å². The van der Waals surface area contributed by atoms with Gasteiger partial charge in [-0.25, -0.2) is 13.1 Å². The van der Waals surface area contributed by atoms with E-state index in [1.807, 2.05) is 4.72 Å². The maximum Gasteiger partial charge on any atom is 0.260 e. The van der Waals surface area contributed by atoms with Gasteiger partial charge < -0.3 is 14.4 Å². The second-order valence-corrected chi connectivity index (χ2v) is 14.3. The Morgan fingerprint density at radius 3 is 2.48 bits per heavy atom. The van der Waals surface area contributed by atoms with Crippen molar-refractivity contribution in [2.75, 3.05) is 6.26 Å². The number of allylic oxidation sites excluding steroid dienone is 4. The number of halogens is 3. The Morgan fingerprint density at radius 1 is 1.18 bits per heavy atom. The number of hydrogen-bond acceptors (Lipinski definition) is 7. The fourth-order valence-corrected chi connectivity index (χ4v) is 6.60. The van der Waals surface area contributed by atoms with E-state index in [0.29, 0.717) is 50.5 Å². The van der Waals surface area contributed by atoms with E-state index in [1.165, 1.54) is 13.0 Å². The Hall–Kier alpha value is -3.08. The highest BCUT2D eigenvalue weighted by atomic mass is 35.5. The van der Waals surface area contributed by atoms with Gasteiger partial charge in [0, 0.05) is 22.6 Å². The van der Waals surface area contributed by atoms with Crippen LogP contribution in [0.15, 0.2) is 76.9 Å². The van der Waals surface area contributed by atoms with Gasteiger partial charge in [-0.15, -0.1) is 0 Å².